The Morgan fingerprint density at radius 3 is 3.00 bits per heavy atom. The van der Waals surface area contributed by atoms with Gasteiger partial charge in [-0.05, 0) is 44.5 Å². The lowest BCUT2D eigenvalue weighted by molar-refractivity contribution is 0.490. The second kappa shape index (κ2) is 5.41. The third-order valence-corrected chi connectivity index (χ3v) is 5.19. The van der Waals surface area contributed by atoms with Crippen LogP contribution in [0.3, 0.4) is 0 Å². The molecule has 1 aliphatic rings. The first kappa shape index (κ1) is 13.4. The number of aryl methyl sites for hydroxylation is 1. The molecule has 0 amide bonds. The summed E-state index contributed by atoms with van der Waals surface area (Å²) < 4.78 is 0. The highest BCUT2D eigenvalue weighted by Crippen LogP contribution is 2.39. The number of hydrogen-bond acceptors (Lipinski definition) is 3. The van der Waals surface area contributed by atoms with E-state index in [0.717, 1.165) is 23.4 Å². The highest BCUT2D eigenvalue weighted by molar-refractivity contribution is 7.15. The quantitative estimate of drug-likeness (QED) is 0.868. The van der Waals surface area contributed by atoms with Gasteiger partial charge < -0.3 is 5.32 Å². The van der Waals surface area contributed by atoms with E-state index in [2.05, 4.69) is 5.32 Å². The van der Waals surface area contributed by atoms with Gasteiger partial charge in [0.25, 0.3) is 0 Å². The van der Waals surface area contributed by atoms with Crippen LogP contribution in [-0.4, -0.2) is 12.0 Å². The van der Waals surface area contributed by atoms with E-state index in [-0.39, 0.29) is 0 Å². The third-order valence-electron chi connectivity index (χ3n) is 3.46. The molecule has 1 unspecified atom stereocenters. The van der Waals surface area contributed by atoms with Crippen LogP contribution < -0.4 is 5.32 Å². The molecule has 1 atom stereocenters. The third kappa shape index (κ3) is 2.52. The van der Waals surface area contributed by atoms with E-state index in [1.54, 1.807) is 17.4 Å². The van der Waals surface area contributed by atoms with E-state index in [4.69, 9.17) is 28.2 Å². The fraction of sp³-hybridized carbons (Fsp3) is 0.357. The number of nitrogens with one attached hydrogen (secondary N) is 1. The summed E-state index contributed by atoms with van der Waals surface area (Å²) in [6, 6.07) is 5.89. The summed E-state index contributed by atoms with van der Waals surface area (Å²) >= 11 is 14.0. The number of nitrogens with zero attached hydrogens (tertiary/aromatic N) is 1. The molecule has 2 nitrogen and oxygen atoms in total. The minimum absolute atomic E-state index is 0.367. The van der Waals surface area contributed by atoms with Gasteiger partial charge in [0, 0.05) is 15.5 Å². The van der Waals surface area contributed by atoms with Gasteiger partial charge in [0.1, 0.15) is 5.01 Å². The summed E-state index contributed by atoms with van der Waals surface area (Å²) in [4.78, 5) is 6.16. The maximum atomic E-state index is 6.26. The average Bonchev–Trinajstić information content (AvgIpc) is 2.85. The summed E-state index contributed by atoms with van der Waals surface area (Å²) in [7, 11) is 1.99. The van der Waals surface area contributed by atoms with Gasteiger partial charge in [0.15, 0.2) is 0 Å². The number of rotatable bonds is 2. The minimum Gasteiger partial charge on any atom is -0.312 e. The Morgan fingerprint density at radius 2 is 2.21 bits per heavy atom. The Morgan fingerprint density at radius 1 is 1.37 bits per heavy atom. The predicted molar refractivity (Wildman–Crippen MR) is 82.3 cm³/mol. The van der Waals surface area contributed by atoms with Crippen molar-refractivity contribution in [3.05, 3.63) is 38.8 Å². The molecule has 0 fully saturated rings. The van der Waals surface area contributed by atoms with E-state index < -0.39 is 0 Å². The molecule has 0 radical (unpaired) electrons. The molecule has 1 aromatic heterocycles. The fourth-order valence-corrected chi connectivity index (χ4v) is 4.11. The van der Waals surface area contributed by atoms with Crippen molar-refractivity contribution in [2.24, 2.45) is 0 Å². The van der Waals surface area contributed by atoms with Crippen molar-refractivity contribution in [2.75, 3.05) is 7.05 Å². The normalized spacial score (nSPS) is 18.4. The molecule has 1 heterocycles. The number of thiazole rings is 1. The molecule has 0 spiro atoms. The second-order valence-corrected chi connectivity index (χ2v) is 6.61. The second-order valence-electron chi connectivity index (χ2n) is 4.69. The van der Waals surface area contributed by atoms with Crippen LogP contribution >= 0.6 is 34.5 Å². The molecule has 0 bridgehead atoms. The van der Waals surface area contributed by atoms with Crippen molar-refractivity contribution in [3.63, 3.8) is 0 Å². The molecule has 1 aliphatic carbocycles. The molecular formula is C14H14Cl2N2S. The number of benzene rings is 1. The predicted octanol–water partition coefficient (Wildman–Crippen LogP) is 4.71. The first-order chi connectivity index (χ1) is 9.19. The SMILES string of the molecule is CNC1CCCc2sc(-c3cc(Cl)ccc3Cl)nc21. The van der Waals surface area contributed by atoms with Crippen molar-refractivity contribution in [1.29, 1.82) is 0 Å². The molecule has 2 aromatic rings. The van der Waals surface area contributed by atoms with Gasteiger partial charge in [-0.1, -0.05) is 23.2 Å². The smallest absolute Gasteiger partial charge is 0.125 e. The molecular weight excluding hydrogens is 299 g/mol. The molecule has 0 saturated heterocycles. The van der Waals surface area contributed by atoms with Crippen LogP contribution in [0, 0.1) is 0 Å². The van der Waals surface area contributed by atoms with Gasteiger partial charge in [0.2, 0.25) is 0 Å². The van der Waals surface area contributed by atoms with Crippen molar-refractivity contribution in [3.8, 4) is 10.6 Å². The van der Waals surface area contributed by atoms with E-state index in [1.165, 1.54) is 17.0 Å². The summed E-state index contributed by atoms with van der Waals surface area (Å²) in [6.07, 6.45) is 3.47. The van der Waals surface area contributed by atoms with E-state index in [1.807, 2.05) is 19.2 Å². The number of fused-ring (bicyclic) bond motifs is 1. The van der Waals surface area contributed by atoms with Crippen LogP contribution in [0.4, 0.5) is 0 Å². The Bertz CT molecular complexity index is 609. The van der Waals surface area contributed by atoms with Crippen molar-refractivity contribution in [1.82, 2.24) is 10.3 Å². The zero-order valence-corrected chi connectivity index (χ0v) is 12.9. The Balaban J connectivity index is 2.07. The summed E-state index contributed by atoms with van der Waals surface area (Å²) in [5.41, 5.74) is 2.12. The van der Waals surface area contributed by atoms with Crippen molar-refractivity contribution >= 4 is 34.5 Å². The Hall–Kier alpha value is -0.610. The van der Waals surface area contributed by atoms with E-state index >= 15 is 0 Å². The highest BCUT2D eigenvalue weighted by atomic mass is 35.5. The molecule has 0 aliphatic heterocycles. The van der Waals surface area contributed by atoms with Crippen LogP contribution in [0.15, 0.2) is 18.2 Å². The van der Waals surface area contributed by atoms with Crippen molar-refractivity contribution in [2.45, 2.75) is 25.3 Å². The molecule has 0 saturated carbocycles. The zero-order chi connectivity index (χ0) is 13.4. The van der Waals surface area contributed by atoms with Crippen LogP contribution in [0.1, 0.15) is 29.5 Å². The molecule has 3 rings (SSSR count). The lowest BCUT2D eigenvalue weighted by Gasteiger charge is -2.19. The van der Waals surface area contributed by atoms with Gasteiger partial charge in [0.05, 0.1) is 16.8 Å². The molecule has 5 heteroatoms. The summed E-state index contributed by atoms with van der Waals surface area (Å²) in [5, 5.41) is 5.71. The van der Waals surface area contributed by atoms with Gasteiger partial charge in [-0.3, -0.25) is 0 Å². The molecule has 1 N–H and O–H groups in total. The lowest BCUT2D eigenvalue weighted by Crippen LogP contribution is -2.21. The first-order valence-corrected chi connectivity index (χ1v) is 7.88. The van der Waals surface area contributed by atoms with Gasteiger partial charge in [-0.25, -0.2) is 4.98 Å². The lowest BCUT2D eigenvalue weighted by atomic mass is 9.98. The standard InChI is InChI=1S/C14H14Cl2N2S/c1-17-11-3-2-4-12-13(11)18-14(19-12)9-7-8(15)5-6-10(9)16/h5-7,11,17H,2-4H2,1H3. The van der Waals surface area contributed by atoms with Crippen LogP contribution in [0.5, 0.6) is 0 Å². The minimum atomic E-state index is 0.367. The monoisotopic (exact) mass is 312 g/mol. The van der Waals surface area contributed by atoms with Gasteiger partial charge in [-0.2, -0.15) is 0 Å². The van der Waals surface area contributed by atoms with E-state index in [0.29, 0.717) is 16.1 Å². The van der Waals surface area contributed by atoms with Gasteiger partial charge >= 0.3 is 0 Å². The fourth-order valence-electron chi connectivity index (χ4n) is 2.48. The highest BCUT2D eigenvalue weighted by Gasteiger charge is 2.24. The maximum Gasteiger partial charge on any atom is 0.125 e. The average molecular weight is 313 g/mol. The molecule has 1 aromatic carbocycles. The number of hydrogen-bond donors (Lipinski definition) is 1. The molecule has 100 valence electrons. The van der Waals surface area contributed by atoms with Crippen molar-refractivity contribution < 1.29 is 0 Å². The molecule has 19 heavy (non-hydrogen) atoms. The van der Waals surface area contributed by atoms with Crippen LogP contribution in [-0.2, 0) is 6.42 Å². The number of halogens is 2. The topological polar surface area (TPSA) is 24.9 Å². The summed E-state index contributed by atoms with van der Waals surface area (Å²) in [5.74, 6) is 0. The van der Waals surface area contributed by atoms with Gasteiger partial charge in [-0.15, -0.1) is 11.3 Å². The largest absolute Gasteiger partial charge is 0.312 e. The first-order valence-electron chi connectivity index (χ1n) is 6.31. The number of aromatic nitrogens is 1. The maximum absolute atomic E-state index is 6.26. The van der Waals surface area contributed by atoms with Crippen LogP contribution in [0.2, 0.25) is 10.0 Å². The zero-order valence-electron chi connectivity index (χ0n) is 10.5. The Kier molecular flexibility index (Phi) is 3.81. The Labute approximate surface area is 126 Å². The summed E-state index contributed by atoms with van der Waals surface area (Å²) in [6.45, 7) is 0. The van der Waals surface area contributed by atoms with Crippen LogP contribution in [0.25, 0.3) is 10.6 Å². The van der Waals surface area contributed by atoms with E-state index in [9.17, 15) is 0 Å².